The van der Waals surface area contributed by atoms with Crippen LogP contribution in [0.4, 0.5) is 0 Å². The molecular weight excluding hydrogens is 270 g/mol. The number of nitrogens with zero attached hydrogens (tertiary/aromatic N) is 1. The minimum atomic E-state index is -0.531. The summed E-state index contributed by atoms with van der Waals surface area (Å²) in [7, 11) is 0. The molecule has 0 aliphatic carbocycles. The second-order valence-electron chi connectivity index (χ2n) is 5.50. The molecule has 0 amide bonds. The summed E-state index contributed by atoms with van der Waals surface area (Å²) in [6.45, 7) is 7.72. The topological polar surface area (TPSA) is 43.7 Å². The lowest BCUT2D eigenvalue weighted by Crippen LogP contribution is -2.38. The first-order valence-electron chi connectivity index (χ1n) is 7.95. The Hall–Kier alpha value is -0.0300. The summed E-state index contributed by atoms with van der Waals surface area (Å²) in [6, 6.07) is 0. The van der Waals surface area contributed by atoms with E-state index in [2.05, 4.69) is 31.0 Å². The molecule has 120 valence electrons. The van der Waals surface area contributed by atoms with Gasteiger partial charge >= 0.3 is 0 Å². The average molecular weight is 304 g/mol. The summed E-state index contributed by atoms with van der Waals surface area (Å²) >= 11 is 4.22. The zero-order chi connectivity index (χ0) is 15.2. The highest BCUT2D eigenvalue weighted by Gasteiger charge is 2.13. The highest BCUT2D eigenvalue weighted by Crippen LogP contribution is 2.09. The first-order valence-corrected chi connectivity index (χ1v) is 8.59. The highest BCUT2D eigenvalue weighted by atomic mass is 32.1. The number of hydrogen-bond acceptors (Lipinski definition) is 4. The third-order valence-corrected chi connectivity index (χ3v) is 3.69. The van der Waals surface area contributed by atoms with Crippen molar-refractivity contribution in [1.29, 1.82) is 0 Å². The van der Waals surface area contributed by atoms with Gasteiger partial charge in [0.1, 0.15) is 0 Å². The lowest BCUT2D eigenvalue weighted by molar-refractivity contribution is 0.0818. The molecule has 0 aromatic rings. The molecule has 0 saturated carbocycles. The number of aliphatic hydroxyl groups is 2. The molecule has 4 heteroatoms. The van der Waals surface area contributed by atoms with Gasteiger partial charge in [0.2, 0.25) is 0 Å². The molecule has 0 aromatic carbocycles. The van der Waals surface area contributed by atoms with Gasteiger partial charge in [0, 0.05) is 25.4 Å². The van der Waals surface area contributed by atoms with Gasteiger partial charge in [-0.25, -0.2) is 0 Å². The molecule has 0 rings (SSSR count). The van der Waals surface area contributed by atoms with E-state index in [-0.39, 0.29) is 6.10 Å². The summed E-state index contributed by atoms with van der Waals surface area (Å²) in [6.07, 6.45) is 9.01. The van der Waals surface area contributed by atoms with Crippen molar-refractivity contribution < 1.29 is 10.2 Å². The molecule has 0 radical (unpaired) electrons. The van der Waals surface area contributed by atoms with Crippen LogP contribution in [0.25, 0.3) is 0 Å². The van der Waals surface area contributed by atoms with Gasteiger partial charge < -0.3 is 10.2 Å². The van der Waals surface area contributed by atoms with Gasteiger partial charge in [-0.3, -0.25) is 4.90 Å². The van der Waals surface area contributed by atoms with E-state index in [0.717, 1.165) is 25.1 Å². The lowest BCUT2D eigenvalue weighted by atomic mass is 10.1. The van der Waals surface area contributed by atoms with E-state index in [1.165, 1.54) is 38.2 Å². The van der Waals surface area contributed by atoms with E-state index in [0.29, 0.717) is 13.1 Å². The second kappa shape index (κ2) is 13.9. The number of unbranched alkanes of at least 4 members (excludes halogenated alkanes) is 5. The summed E-state index contributed by atoms with van der Waals surface area (Å²) < 4.78 is 0. The van der Waals surface area contributed by atoms with Crippen LogP contribution < -0.4 is 0 Å². The number of rotatable bonds is 14. The Morgan fingerprint density at radius 2 is 1.75 bits per heavy atom. The maximum atomic E-state index is 10.1. The predicted molar refractivity (Wildman–Crippen MR) is 90.5 cm³/mol. The summed E-state index contributed by atoms with van der Waals surface area (Å²) in [5.41, 5.74) is 0. The standard InChI is InChI=1S/C16H33NO2S/c1-3-5-6-7-8-9-10-16(19)14-17(11-12-20)13-15(18)4-2/h4,15-16,18-20H,2-3,5-14H2,1H3. The van der Waals surface area contributed by atoms with Crippen molar-refractivity contribution in [2.45, 2.75) is 64.1 Å². The lowest BCUT2D eigenvalue weighted by Gasteiger charge is -2.25. The van der Waals surface area contributed by atoms with Crippen LogP contribution in [-0.2, 0) is 0 Å². The molecule has 0 aliphatic heterocycles. The van der Waals surface area contributed by atoms with Crippen LogP contribution in [0.5, 0.6) is 0 Å². The zero-order valence-corrected chi connectivity index (χ0v) is 13.9. The third kappa shape index (κ3) is 11.8. The molecule has 20 heavy (non-hydrogen) atoms. The van der Waals surface area contributed by atoms with Crippen LogP contribution in [0.3, 0.4) is 0 Å². The predicted octanol–water partition coefficient (Wildman–Crippen LogP) is 2.88. The first kappa shape index (κ1) is 20.0. The molecule has 2 N–H and O–H groups in total. The quantitative estimate of drug-likeness (QED) is 0.263. The van der Waals surface area contributed by atoms with Crippen molar-refractivity contribution in [3.05, 3.63) is 12.7 Å². The second-order valence-corrected chi connectivity index (χ2v) is 5.94. The van der Waals surface area contributed by atoms with Gasteiger partial charge in [0.25, 0.3) is 0 Å². The van der Waals surface area contributed by atoms with Gasteiger partial charge in [0.05, 0.1) is 12.2 Å². The summed E-state index contributed by atoms with van der Waals surface area (Å²) in [4.78, 5) is 2.06. The zero-order valence-electron chi connectivity index (χ0n) is 13.0. The van der Waals surface area contributed by atoms with Crippen molar-refractivity contribution in [3.63, 3.8) is 0 Å². The summed E-state index contributed by atoms with van der Waals surface area (Å²) in [5, 5.41) is 19.7. The molecule has 0 spiro atoms. The number of thiol groups is 1. The SMILES string of the molecule is C=CC(O)CN(CCS)CC(O)CCCCCCCC. The normalized spacial score (nSPS) is 14.4. The van der Waals surface area contributed by atoms with E-state index in [9.17, 15) is 10.2 Å². The monoisotopic (exact) mass is 303 g/mol. The van der Waals surface area contributed by atoms with Gasteiger partial charge in [-0.2, -0.15) is 12.6 Å². The van der Waals surface area contributed by atoms with Crippen molar-refractivity contribution >= 4 is 12.6 Å². The number of aliphatic hydroxyl groups excluding tert-OH is 2. The Morgan fingerprint density at radius 3 is 2.35 bits per heavy atom. The molecule has 0 saturated heterocycles. The fourth-order valence-corrected chi connectivity index (χ4v) is 2.57. The van der Waals surface area contributed by atoms with E-state index in [4.69, 9.17) is 0 Å². The van der Waals surface area contributed by atoms with Gasteiger partial charge in [-0.05, 0) is 6.42 Å². The van der Waals surface area contributed by atoms with Gasteiger partial charge in [0.15, 0.2) is 0 Å². The summed E-state index contributed by atoms with van der Waals surface area (Å²) in [5.74, 6) is 0.730. The first-order chi connectivity index (χ1) is 9.63. The number of hydrogen-bond donors (Lipinski definition) is 3. The molecule has 0 heterocycles. The van der Waals surface area contributed by atoms with E-state index >= 15 is 0 Å². The van der Waals surface area contributed by atoms with Crippen molar-refractivity contribution in [2.75, 3.05) is 25.4 Å². The largest absolute Gasteiger partial charge is 0.392 e. The molecule has 3 nitrogen and oxygen atoms in total. The molecular formula is C16H33NO2S. The van der Waals surface area contributed by atoms with E-state index in [1.54, 1.807) is 0 Å². The maximum absolute atomic E-state index is 10.1. The van der Waals surface area contributed by atoms with Crippen LogP contribution in [0.2, 0.25) is 0 Å². The maximum Gasteiger partial charge on any atom is 0.0845 e. The smallest absolute Gasteiger partial charge is 0.0845 e. The van der Waals surface area contributed by atoms with Gasteiger partial charge in [-0.1, -0.05) is 51.5 Å². The van der Waals surface area contributed by atoms with Crippen LogP contribution in [0.15, 0.2) is 12.7 Å². The molecule has 2 unspecified atom stereocenters. The third-order valence-electron chi connectivity index (χ3n) is 3.49. The molecule has 0 aromatic heterocycles. The highest BCUT2D eigenvalue weighted by molar-refractivity contribution is 7.80. The Kier molecular flexibility index (Phi) is 13.9. The van der Waals surface area contributed by atoms with Crippen molar-refractivity contribution in [2.24, 2.45) is 0 Å². The van der Waals surface area contributed by atoms with Crippen LogP contribution in [0.1, 0.15) is 51.9 Å². The minimum absolute atomic E-state index is 0.307. The van der Waals surface area contributed by atoms with Crippen molar-refractivity contribution in [3.8, 4) is 0 Å². The minimum Gasteiger partial charge on any atom is -0.392 e. The Labute approximate surface area is 130 Å². The molecule has 0 fully saturated rings. The molecule has 0 aliphatic rings. The fraction of sp³-hybridized carbons (Fsp3) is 0.875. The van der Waals surface area contributed by atoms with E-state index in [1.807, 2.05) is 0 Å². The van der Waals surface area contributed by atoms with Crippen LogP contribution in [0, 0.1) is 0 Å². The van der Waals surface area contributed by atoms with E-state index < -0.39 is 6.10 Å². The Balaban J connectivity index is 3.77. The average Bonchev–Trinajstić information content (AvgIpc) is 2.42. The Morgan fingerprint density at radius 1 is 1.10 bits per heavy atom. The molecule has 0 bridgehead atoms. The van der Waals surface area contributed by atoms with Crippen molar-refractivity contribution in [1.82, 2.24) is 4.90 Å². The van der Waals surface area contributed by atoms with Gasteiger partial charge in [-0.15, -0.1) is 6.58 Å². The van der Waals surface area contributed by atoms with Crippen LogP contribution in [-0.4, -0.2) is 52.7 Å². The van der Waals surface area contributed by atoms with Crippen LogP contribution >= 0.6 is 12.6 Å². The molecule has 2 atom stereocenters. The Bertz CT molecular complexity index is 227. The fourth-order valence-electron chi connectivity index (χ4n) is 2.29.